The molecule has 0 aliphatic carbocycles. The summed E-state index contributed by atoms with van der Waals surface area (Å²) in [5, 5.41) is 11.4. The molecule has 1 atom stereocenters. The molecule has 0 aliphatic heterocycles. The summed E-state index contributed by atoms with van der Waals surface area (Å²) in [6.07, 6.45) is -25.2. The van der Waals surface area contributed by atoms with Gasteiger partial charge in [0.15, 0.2) is 0 Å². The molecule has 3 aromatic rings. The van der Waals surface area contributed by atoms with Gasteiger partial charge in [0.1, 0.15) is 0 Å². The summed E-state index contributed by atoms with van der Waals surface area (Å²) in [5.41, 5.74) is -13.7. The van der Waals surface area contributed by atoms with Gasteiger partial charge in [-0.2, -0.15) is 0 Å². The Labute approximate surface area is 225 Å². The van der Waals surface area contributed by atoms with Crippen LogP contribution in [0.2, 0.25) is 0 Å². The van der Waals surface area contributed by atoms with E-state index in [0.29, 0.717) is 12.1 Å². The summed E-state index contributed by atoms with van der Waals surface area (Å²) in [6, 6.07) is 12.7. The second-order valence-corrected chi connectivity index (χ2v) is 10.8. The average Bonchev–Trinajstić information content (AvgIpc) is 2.84. The van der Waals surface area contributed by atoms with Crippen molar-refractivity contribution in [2.45, 2.75) is 40.7 Å². The standard InChI is InChI=1S/C25H17F12NOSe/c26-22(27,28)20(23(29,30)31,38-16-11-5-2-6-12-16)19(15-9-3-1-4-10-15)40-18-14-8-7-13-17(18)21(39,24(32,33)34)25(35,36)37/h1-14,19,38-39H. The van der Waals surface area contributed by atoms with Gasteiger partial charge < -0.3 is 0 Å². The van der Waals surface area contributed by atoms with E-state index in [1.165, 1.54) is 17.4 Å². The van der Waals surface area contributed by atoms with E-state index < -0.39 is 76.9 Å². The van der Waals surface area contributed by atoms with E-state index in [1.54, 1.807) is 0 Å². The molecule has 218 valence electrons. The van der Waals surface area contributed by atoms with Gasteiger partial charge in [0, 0.05) is 0 Å². The maximum atomic E-state index is 14.7. The van der Waals surface area contributed by atoms with Crippen molar-refractivity contribution < 1.29 is 57.8 Å². The van der Waals surface area contributed by atoms with Crippen molar-refractivity contribution in [2.75, 3.05) is 5.32 Å². The van der Waals surface area contributed by atoms with Gasteiger partial charge in [0.25, 0.3) is 0 Å². The van der Waals surface area contributed by atoms with Crippen LogP contribution in [-0.2, 0) is 5.60 Å². The Morgan fingerprint density at radius 1 is 0.550 bits per heavy atom. The van der Waals surface area contributed by atoms with E-state index in [9.17, 15) is 57.8 Å². The first-order valence-corrected chi connectivity index (χ1v) is 12.8. The van der Waals surface area contributed by atoms with Crippen LogP contribution in [-0.4, -0.2) is 50.3 Å². The van der Waals surface area contributed by atoms with Crippen molar-refractivity contribution in [1.29, 1.82) is 0 Å². The molecule has 15 heteroatoms. The van der Waals surface area contributed by atoms with Crippen LogP contribution >= 0.6 is 0 Å². The Morgan fingerprint density at radius 3 is 1.43 bits per heavy atom. The SMILES string of the molecule is OC(c1ccccc1[Se]C(c1ccccc1)C(Nc1ccccc1)(C(F)(F)F)C(F)(F)F)(C(F)(F)F)C(F)(F)F. The minimum absolute atomic E-state index is 0.174. The minimum atomic E-state index is -6.42. The molecule has 0 spiro atoms. The first-order valence-electron chi connectivity index (χ1n) is 10.9. The second kappa shape index (κ2) is 10.8. The number of hydrogen-bond donors (Lipinski definition) is 2. The molecule has 0 radical (unpaired) electrons. The number of nitrogens with one attached hydrogen (secondary N) is 1. The van der Waals surface area contributed by atoms with Crippen LogP contribution in [0.25, 0.3) is 0 Å². The van der Waals surface area contributed by atoms with E-state index in [-0.39, 0.29) is 6.07 Å². The Balaban J connectivity index is 2.38. The summed E-state index contributed by atoms with van der Waals surface area (Å²) in [5.74, 6) is 0. The third-order valence-corrected chi connectivity index (χ3v) is 8.93. The van der Waals surface area contributed by atoms with Gasteiger partial charge in [-0.05, 0) is 0 Å². The molecule has 3 rings (SSSR count). The zero-order chi connectivity index (χ0) is 30.2. The molecule has 0 amide bonds. The molecular weight excluding hydrogens is 637 g/mol. The van der Waals surface area contributed by atoms with Crippen LogP contribution < -0.4 is 9.78 Å². The molecule has 0 saturated carbocycles. The molecule has 0 bridgehead atoms. The van der Waals surface area contributed by atoms with Gasteiger partial charge in [-0.1, -0.05) is 0 Å². The van der Waals surface area contributed by atoms with Crippen LogP contribution in [0.15, 0.2) is 84.9 Å². The summed E-state index contributed by atoms with van der Waals surface area (Å²) in [7, 11) is 0. The predicted molar refractivity (Wildman–Crippen MR) is 122 cm³/mol. The number of benzene rings is 3. The van der Waals surface area contributed by atoms with Gasteiger partial charge in [-0.15, -0.1) is 0 Å². The van der Waals surface area contributed by atoms with Gasteiger partial charge in [-0.3, -0.25) is 0 Å². The summed E-state index contributed by atoms with van der Waals surface area (Å²) in [4.78, 5) is -2.81. The first-order chi connectivity index (χ1) is 18.3. The number of rotatable bonds is 7. The second-order valence-electron chi connectivity index (χ2n) is 8.41. The fourth-order valence-electron chi connectivity index (χ4n) is 3.91. The van der Waals surface area contributed by atoms with Gasteiger partial charge in [0.05, 0.1) is 0 Å². The van der Waals surface area contributed by atoms with Crippen molar-refractivity contribution in [3.63, 3.8) is 0 Å². The van der Waals surface area contributed by atoms with E-state index in [1.807, 2.05) is 0 Å². The third-order valence-electron chi connectivity index (χ3n) is 5.85. The van der Waals surface area contributed by atoms with Crippen LogP contribution in [0.5, 0.6) is 0 Å². The molecular formula is C25H17F12NOSe. The van der Waals surface area contributed by atoms with Crippen LogP contribution in [0.1, 0.15) is 15.9 Å². The van der Waals surface area contributed by atoms with E-state index in [0.717, 1.165) is 54.6 Å². The molecule has 1 unspecified atom stereocenters. The van der Waals surface area contributed by atoms with Crippen molar-refractivity contribution >= 4 is 25.1 Å². The van der Waals surface area contributed by atoms with Gasteiger partial charge >= 0.3 is 225 Å². The number of anilines is 1. The van der Waals surface area contributed by atoms with Crippen LogP contribution in [0.3, 0.4) is 0 Å². The van der Waals surface area contributed by atoms with Crippen molar-refractivity contribution in [3.8, 4) is 0 Å². The Morgan fingerprint density at radius 2 is 0.975 bits per heavy atom. The number of halogens is 12. The average molecular weight is 654 g/mol. The molecule has 2 nitrogen and oxygen atoms in total. The van der Waals surface area contributed by atoms with Gasteiger partial charge in [0.2, 0.25) is 0 Å². The van der Waals surface area contributed by atoms with E-state index in [4.69, 9.17) is 0 Å². The topological polar surface area (TPSA) is 32.3 Å². The molecule has 0 fully saturated rings. The fraction of sp³-hybridized carbons (Fsp3) is 0.280. The Kier molecular flexibility index (Phi) is 8.56. The Hall–Kier alpha value is -2.90. The number of alkyl halides is 12. The summed E-state index contributed by atoms with van der Waals surface area (Å²) in [6.45, 7) is 0. The fourth-order valence-corrected chi connectivity index (χ4v) is 7.16. The zero-order valence-corrected chi connectivity index (χ0v) is 21.3. The van der Waals surface area contributed by atoms with E-state index in [2.05, 4.69) is 0 Å². The quantitative estimate of drug-likeness (QED) is 0.212. The third kappa shape index (κ3) is 5.64. The van der Waals surface area contributed by atoms with Crippen molar-refractivity contribution in [3.05, 3.63) is 96.1 Å². The molecule has 0 saturated heterocycles. The molecule has 2 N–H and O–H groups in total. The van der Waals surface area contributed by atoms with Crippen molar-refractivity contribution in [1.82, 2.24) is 0 Å². The molecule has 0 heterocycles. The molecule has 40 heavy (non-hydrogen) atoms. The maximum absolute atomic E-state index is 14.7. The normalized spacial score (nSPS) is 14.6. The van der Waals surface area contributed by atoms with Crippen LogP contribution in [0.4, 0.5) is 58.4 Å². The summed E-state index contributed by atoms with van der Waals surface area (Å²) < 4.78 is 169. The number of para-hydroxylation sites is 1. The number of hydrogen-bond acceptors (Lipinski definition) is 2. The first kappa shape index (κ1) is 31.6. The van der Waals surface area contributed by atoms with Crippen molar-refractivity contribution in [2.24, 2.45) is 0 Å². The molecule has 3 aromatic carbocycles. The van der Waals surface area contributed by atoms with Gasteiger partial charge in [-0.25, -0.2) is 0 Å². The Bertz CT molecular complexity index is 1240. The van der Waals surface area contributed by atoms with E-state index >= 15 is 0 Å². The summed E-state index contributed by atoms with van der Waals surface area (Å²) >= 11 is -2.46. The molecule has 0 aliphatic rings. The predicted octanol–water partition coefficient (Wildman–Crippen LogP) is 7.05. The number of aliphatic hydroxyl groups is 1. The van der Waals surface area contributed by atoms with Crippen LogP contribution in [0, 0.1) is 0 Å². The monoisotopic (exact) mass is 655 g/mol. The molecule has 0 aromatic heterocycles. The zero-order valence-electron chi connectivity index (χ0n) is 19.6.